The molecule has 0 radical (unpaired) electrons. The van der Waals surface area contributed by atoms with Crippen LogP contribution in [0, 0.1) is 11.8 Å². The summed E-state index contributed by atoms with van der Waals surface area (Å²) in [6.07, 6.45) is 1.65. The first kappa shape index (κ1) is 12.6. The average Bonchev–Trinajstić information content (AvgIpc) is 2.76. The predicted molar refractivity (Wildman–Crippen MR) is 76.1 cm³/mol. The van der Waals surface area contributed by atoms with E-state index < -0.39 is 0 Å². The minimum atomic E-state index is 0.0671. The molecule has 0 spiro atoms. The van der Waals surface area contributed by atoms with Crippen molar-refractivity contribution >= 4 is 34.2 Å². The Morgan fingerprint density at radius 2 is 2.29 bits per heavy atom. The van der Waals surface area contributed by atoms with Crippen LogP contribution in [0.1, 0.15) is 13.8 Å². The smallest absolute Gasteiger partial charge is 0.271 e. The van der Waals surface area contributed by atoms with E-state index in [-0.39, 0.29) is 5.56 Å². The van der Waals surface area contributed by atoms with Crippen molar-refractivity contribution < 1.29 is 0 Å². The largest absolute Gasteiger partial charge is 0.298 e. The molecular weight excluding hydrogens is 252 g/mol. The molecule has 2 rings (SSSR count). The number of hydrogen-bond acceptors (Lipinski definition) is 4. The molecule has 0 aliphatic heterocycles. The van der Waals surface area contributed by atoms with E-state index in [2.05, 4.69) is 31.5 Å². The van der Waals surface area contributed by atoms with Gasteiger partial charge in [-0.2, -0.15) is 12.6 Å². The molecule has 0 amide bonds. The van der Waals surface area contributed by atoms with Crippen LogP contribution in [0.4, 0.5) is 0 Å². The third-order valence-electron chi connectivity index (χ3n) is 3.04. The monoisotopic (exact) mass is 268 g/mol. The normalized spacial score (nSPS) is 13.4. The number of aromatic nitrogens is 2. The summed E-state index contributed by atoms with van der Waals surface area (Å²) < 4.78 is 2.45. The van der Waals surface area contributed by atoms with Gasteiger partial charge in [0.2, 0.25) is 0 Å². The van der Waals surface area contributed by atoms with Gasteiger partial charge in [0.25, 0.3) is 5.56 Å². The van der Waals surface area contributed by atoms with E-state index in [1.54, 1.807) is 10.9 Å². The molecular formula is C12H16N2OS2. The van der Waals surface area contributed by atoms with Crippen LogP contribution < -0.4 is 5.56 Å². The van der Waals surface area contributed by atoms with E-state index in [1.807, 2.05) is 11.4 Å². The molecule has 2 aromatic rings. The zero-order valence-electron chi connectivity index (χ0n) is 9.96. The van der Waals surface area contributed by atoms with Gasteiger partial charge in [-0.1, -0.05) is 13.8 Å². The molecule has 0 fully saturated rings. The highest BCUT2D eigenvalue weighted by Gasteiger charge is 2.14. The molecule has 2 aromatic heterocycles. The summed E-state index contributed by atoms with van der Waals surface area (Å²) in [5.41, 5.74) is 0.862. The molecule has 0 saturated carbocycles. The van der Waals surface area contributed by atoms with Gasteiger partial charge in [0.1, 0.15) is 4.70 Å². The first-order valence-electron chi connectivity index (χ1n) is 5.67. The molecule has 0 N–H and O–H groups in total. The fourth-order valence-electron chi connectivity index (χ4n) is 1.74. The fourth-order valence-corrected chi connectivity index (χ4v) is 3.07. The van der Waals surface area contributed by atoms with E-state index in [1.165, 1.54) is 11.3 Å². The third-order valence-corrected chi connectivity index (χ3v) is 4.40. The maximum atomic E-state index is 12.2. The van der Waals surface area contributed by atoms with E-state index in [0.717, 1.165) is 16.0 Å². The summed E-state index contributed by atoms with van der Waals surface area (Å²) in [6.45, 7) is 5.01. The number of nitrogens with zero attached hydrogens (tertiary/aromatic N) is 2. The lowest BCUT2D eigenvalue weighted by Crippen LogP contribution is -2.27. The van der Waals surface area contributed by atoms with Crippen molar-refractivity contribution in [3.05, 3.63) is 28.1 Å². The van der Waals surface area contributed by atoms with Crippen molar-refractivity contribution in [3.8, 4) is 0 Å². The molecule has 92 valence electrons. The van der Waals surface area contributed by atoms with Gasteiger partial charge in [0.05, 0.1) is 11.8 Å². The Hall–Kier alpha value is -0.810. The van der Waals surface area contributed by atoms with Gasteiger partial charge in [0.15, 0.2) is 0 Å². The summed E-state index contributed by atoms with van der Waals surface area (Å²) in [5, 5.41) is 1.90. The zero-order valence-corrected chi connectivity index (χ0v) is 11.7. The molecule has 5 heteroatoms. The van der Waals surface area contributed by atoms with Crippen molar-refractivity contribution in [2.24, 2.45) is 11.8 Å². The predicted octanol–water partition coefficient (Wildman–Crippen LogP) is 2.66. The Balaban J connectivity index is 2.36. The van der Waals surface area contributed by atoms with Crippen molar-refractivity contribution in [1.29, 1.82) is 0 Å². The summed E-state index contributed by atoms with van der Waals surface area (Å²) in [4.78, 5) is 16.5. The van der Waals surface area contributed by atoms with E-state index in [4.69, 9.17) is 0 Å². The van der Waals surface area contributed by atoms with Crippen LogP contribution in [-0.2, 0) is 6.54 Å². The molecule has 2 heterocycles. The van der Waals surface area contributed by atoms with Gasteiger partial charge in [-0.05, 0) is 29.0 Å². The van der Waals surface area contributed by atoms with Crippen LogP contribution in [-0.4, -0.2) is 15.3 Å². The molecule has 0 saturated heterocycles. The maximum Gasteiger partial charge on any atom is 0.271 e. The Kier molecular flexibility index (Phi) is 3.89. The Labute approximate surface area is 110 Å². The molecule has 0 aliphatic rings. The Morgan fingerprint density at radius 1 is 1.53 bits per heavy atom. The fraction of sp³-hybridized carbons (Fsp3) is 0.500. The third kappa shape index (κ3) is 2.55. The number of fused-ring (bicyclic) bond motifs is 1. The number of rotatable bonds is 4. The van der Waals surface area contributed by atoms with Gasteiger partial charge in [0, 0.05) is 6.54 Å². The summed E-state index contributed by atoms with van der Waals surface area (Å²) in [7, 11) is 0. The average molecular weight is 268 g/mol. The molecule has 3 nitrogen and oxygen atoms in total. The highest BCUT2D eigenvalue weighted by molar-refractivity contribution is 7.80. The molecule has 0 aliphatic carbocycles. The molecule has 17 heavy (non-hydrogen) atoms. The SMILES string of the molecule is CC(C)C(CS)Cn1cnc2ccsc2c1=O. The second-order valence-corrected chi connectivity index (χ2v) is 5.80. The van der Waals surface area contributed by atoms with Crippen molar-refractivity contribution in [1.82, 2.24) is 9.55 Å². The van der Waals surface area contributed by atoms with Crippen LogP contribution in [0.15, 0.2) is 22.6 Å². The molecule has 0 aromatic carbocycles. The van der Waals surface area contributed by atoms with Crippen LogP contribution in [0.2, 0.25) is 0 Å². The van der Waals surface area contributed by atoms with Crippen molar-refractivity contribution in [3.63, 3.8) is 0 Å². The highest BCUT2D eigenvalue weighted by atomic mass is 32.1. The van der Waals surface area contributed by atoms with Crippen LogP contribution >= 0.6 is 24.0 Å². The lowest BCUT2D eigenvalue weighted by atomic mass is 9.98. The van der Waals surface area contributed by atoms with E-state index in [9.17, 15) is 4.79 Å². The van der Waals surface area contributed by atoms with E-state index >= 15 is 0 Å². The second-order valence-electron chi connectivity index (χ2n) is 4.52. The van der Waals surface area contributed by atoms with Crippen molar-refractivity contribution in [2.75, 3.05) is 5.75 Å². The van der Waals surface area contributed by atoms with Crippen LogP contribution in [0.3, 0.4) is 0 Å². The second kappa shape index (κ2) is 5.23. The zero-order chi connectivity index (χ0) is 12.4. The first-order valence-corrected chi connectivity index (χ1v) is 7.18. The number of hydrogen-bond donors (Lipinski definition) is 1. The van der Waals surface area contributed by atoms with Crippen LogP contribution in [0.5, 0.6) is 0 Å². The lowest BCUT2D eigenvalue weighted by molar-refractivity contribution is 0.366. The summed E-state index contributed by atoms with van der Waals surface area (Å²) in [5.74, 6) is 1.70. The van der Waals surface area contributed by atoms with Crippen LogP contribution in [0.25, 0.3) is 10.2 Å². The first-order chi connectivity index (χ1) is 8.13. The van der Waals surface area contributed by atoms with Gasteiger partial charge in [-0.3, -0.25) is 9.36 Å². The number of thiol groups is 1. The van der Waals surface area contributed by atoms with Gasteiger partial charge in [-0.25, -0.2) is 4.98 Å². The minimum absolute atomic E-state index is 0.0671. The molecule has 1 unspecified atom stereocenters. The minimum Gasteiger partial charge on any atom is -0.298 e. The summed E-state index contributed by atoms with van der Waals surface area (Å²) >= 11 is 5.80. The van der Waals surface area contributed by atoms with Gasteiger partial charge in [-0.15, -0.1) is 11.3 Å². The van der Waals surface area contributed by atoms with Gasteiger partial charge < -0.3 is 0 Å². The summed E-state index contributed by atoms with van der Waals surface area (Å²) in [6, 6.07) is 1.88. The standard InChI is InChI=1S/C12H16N2OS2/c1-8(2)9(6-16)5-14-7-13-10-3-4-17-11(10)12(14)15/h3-4,7-9,16H,5-6H2,1-2H3. The Bertz CT molecular complexity index is 559. The number of thiophene rings is 1. The molecule has 1 atom stereocenters. The maximum absolute atomic E-state index is 12.2. The highest BCUT2D eigenvalue weighted by Crippen LogP contribution is 2.16. The van der Waals surface area contributed by atoms with Gasteiger partial charge >= 0.3 is 0 Å². The molecule has 0 bridgehead atoms. The Morgan fingerprint density at radius 3 is 2.94 bits per heavy atom. The lowest BCUT2D eigenvalue weighted by Gasteiger charge is -2.19. The quantitative estimate of drug-likeness (QED) is 0.865. The van der Waals surface area contributed by atoms with E-state index in [0.29, 0.717) is 18.4 Å². The van der Waals surface area contributed by atoms with Crippen molar-refractivity contribution in [2.45, 2.75) is 20.4 Å². The topological polar surface area (TPSA) is 34.9 Å².